The fourth-order valence-corrected chi connectivity index (χ4v) is 3.10. The van der Waals surface area contributed by atoms with Gasteiger partial charge >= 0.3 is 0 Å². The Morgan fingerprint density at radius 1 is 1.24 bits per heavy atom. The first-order valence-electron chi connectivity index (χ1n) is 6.54. The van der Waals surface area contributed by atoms with Gasteiger partial charge in [-0.15, -0.1) is 0 Å². The van der Waals surface area contributed by atoms with Gasteiger partial charge in [0.2, 0.25) is 0 Å². The van der Waals surface area contributed by atoms with Gasteiger partial charge in [-0.2, -0.15) is 0 Å². The average molecular weight is 231 g/mol. The van der Waals surface area contributed by atoms with E-state index in [1.807, 2.05) is 12.1 Å². The monoisotopic (exact) mass is 231 g/mol. The molecule has 0 amide bonds. The van der Waals surface area contributed by atoms with Gasteiger partial charge in [0.15, 0.2) is 0 Å². The summed E-state index contributed by atoms with van der Waals surface area (Å²) in [5, 5.41) is 3.50. The largest absolute Gasteiger partial charge is 0.399 e. The lowest BCUT2D eigenvalue weighted by molar-refractivity contribution is 0.0630. The van der Waals surface area contributed by atoms with Crippen molar-refractivity contribution in [3.05, 3.63) is 24.3 Å². The third-order valence-electron chi connectivity index (χ3n) is 4.70. The highest BCUT2D eigenvalue weighted by Gasteiger charge is 2.45. The molecule has 1 aromatic rings. The number of nitrogens with one attached hydrogen (secondary N) is 1. The molecule has 0 bridgehead atoms. The van der Waals surface area contributed by atoms with Crippen LogP contribution in [0.2, 0.25) is 0 Å². The Hall–Kier alpha value is -1.22. The summed E-state index contributed by atoms with van der Waals surface area (Å²) in [6.07, 6.45) is 2.62. The number of nitrogen functional groups attached to an aromatic ring is 1. The van der Waals surface area contributed by atoms with Gasteiger partial charge in [-0.05, 0) is 44.0 Å². The molecule has 0 aliphatic carbocycles. The van der Waals surface area contributed by atoms with Crippen molar-refractivity contribution >= 4 is 11.4 Å². The maximum atomic E-state index is 5.72. The predicted octanol–water partition coefficient (Wildman–Crippen LogP) is 1.85. The highest BCUT2D eigenvalue weighted by atomic mass is 15.2. The molecule has 3 N–H and O–H groups in total. The second-order valence-electron chi connectivity index (χ2n) is 5.54. The molecule has 1 spiro atoms. The zero-order chi connectivity index (χ0) is 11.9. The molecule has 2 saturated heterocycles. The molecular formula is C14H21N3. The molecule has 3 nitrogen and oxygen atoms in total. The maximum Gasteiger partial charge on any atom is 0.0367 e. The van der Waals surface area contributed by atoms with Crippen molar-refractivity contribution in [2.45, 2.75) is 25.8 Å². The fourth-order valence-electron chi connectivity index (χ4n) is 3.10. The highest BCUT2D eigenvalue weighted by Crippen LogP contribution is 2.40. The van der Waals surface area contributed by atoms with E-state index in [9.17, 15) is 0 Å². The van der Waals surface area contributed by atoms with Crippen molar-refractivity contribution in [2.75, 3.05) is 30.3 Å². The second-order valence-corrected chi connectivity index (χ2v) is 5.54. The van der Waals surface area contributed by atoms with Crippen molar-refractivity contribution < 1.29 is 0 Å². The van der Waals surface area contributed by atoms with Gasteiger partial charge in [-0.25, -0.2) is 0 Å². The summed E-state index contributed by atoms with van der Waals surface area (Å²) in [4.78, 5) is 2.48. The Morgan fingerprint density at radius 2 is 1.88 bits per heavy atom. The van der Waals surface area contributed by atoms with Crippen molar-refractivity contribution in [2.24, 2.45) is 5.41 Å². The van der Waals surface area contributed by atoms with E-state index in [-0.39, 0.29) is 0 Å². The van der Waals surface area contributed by atoms with Crippen LogP contribution in [0, 0.1) is 5.41 Å². The van der Waals surface area contributed by atoms with E-state index < -0.39 is 0 Å². The molecule has 92 valence electrons. The molecule has 3 rings (SSSR count). The van der Waals surface area contributed by atoms with E-state index in [0.29, 0.717) is 11.5 Å². The van der Waals surface area contributed by atoms with Gasteiger partial charge in [-0.3, -0.25) is 0 Å². The Labute approximate surface area is 103 Å². The fraction of sp³-hybridized carbons (Fsp3) is 0.571. The smallest absolute Gasteiger partial charge is 0.0367 e. The first-order chi connectivity index (χ1) is 8.20. The van der Waals surface area contributed by atoms with E-state index in [1.54, 1.807) is 0 Å². The second kappa shape index (κ2) is 3.91. The summed E-state index contributed by atoms with van der Waals surface area (Å²) in [7, 11) is 0. The first kappa shape index (κ1) is 10.9. The maximum absolute atomic E-state index is 5.72. The average Bonchev–Trinajstić information content (AvgIpc) is 2.38. The highest BCUT2D eigenvalue weighted by molar-refractivity contribution is 5.53. The minimum Gasteiger partial charge on any atom is -0.399 e. The molecule has 2 heterocycles. The van der Waals surface area contributed by atoms with Crippen molar-refractivity contribution in [3.8, 4) is 0 Å². The Balaban J connectivity index is 1.67. The predicted molar refractivity (Wildman–Crippen MR) is 72.2 cm³/mol. The van der Waals surface area contributed by atoms with Gasteiger partial charge < -0.3 is 16.0 Å². The van der Waals surface area contributed by atoms with Crippen LogP contribution >= 0.6 is 0 Å². The Kier molecular flexibility index (Phi) is 2.51. The minimum absolute atomic E-state index is 0.588. The van der Waals surface area contributed by atoms with Gasteiger partial charge in [0.1, 0.15) is 0 Å². The summed E-state index contributed by atoms with van der Waals surface area (Å²) in [6, 6.07) is 8.96. The number of hydrogen-bond acceptors (Lipinski definition) is 3. The van der Waals surface area contributed by atoms with Crippen molar-refractivity contribution in [1.82, 2.24) is 5.32 Å². The third kappa shape index (κ3) is 1.78. The van der Waals surface area contributed by atoms with E-state index in [0.717, 1.165) is 5.69 Å². The van der Waals surface area contributed by atoms with E-state index >= 15 is 0 Å². The van der Waals surface area contributed by atoms with Crippen LogP contribution in [0.5, 0.6) is 0 Å². The molecule has 1 atom stereocenters. The lowest BCUT2D eigenvalue weighted by Crippen LogP contribution is -2.64. The first-order valence-corrected chi connectivity index (χ1v) is 6.54. The third-order valence-corrected chi connectivity index (χ3v) is 4.70. The molecule has 0 aromatic heterocycles. The topological polar surface area (TPSA) is 41.3 Å². The number of benzene rings is 1. The van der Waals surface area contributed by atoms with Gasteiger partial charge in [0.05, 0.1) is 0 Å². The lowest BCUT2D eigenvalue weighted by atomic mass is 9.67. The quantitative estimate of drug-likeness (QED) is 0.725. The molecule has 1 unspecified atom stereocenters. The number of nitrogens with two attached hydrogens (primary N) is 1. The molecular weight excluding hydrogens is 210 g/mol. The van der Waals surface area contributed by atoms with Crippen LogP contribution < -0.4 is 16.0 Å². The molecule has 1 aromatic carbocycles. The number of nitrogens with zero attached hydrogens (tertiary/aromatic N) is 1. The molecule has 3 heteroatoms. The van der Waals surface area contributed by atoms with Crippen LogP contribution in [0.25, 0.3) is 0 Å². The molecule has 17 heavy (non-hydrogen) atoms. The number of anilines is 2. The number of piperidine rings is 1. The van der Waals surface area contributed by atoms with Crippen molar-refractivity contribution in [1.29, 1.82) is 0 Å². The Bertz CT molecular complexity index is 390. The lowest BCUT2D eigenvalue weighted by Gasteiger charge is -2.53. The van der Waals surface area contributed by atoms with E-state index in [4.69, 9.17) is 5.73 Å². The summed E-state index contributed by atoms with van der Waals surface area (Å²) in [5.74, 6) is 0. The minimum atomic E-state index is 0.588. The van der Waals surface area contributed by atoms with Crippen LogP contribution in [0.1, 0.15) is 19.8 Å². The van der Waals surface area contributed by atoms with Crippen LogP contribution in [0.3, 0.4) is 0 Å². The summed E-state index contributed by atoms with van der Waals surface area (Å²) < 4.78 is 0. The van der Waals surface area contributed by atoms with Crippen LogP contribution in [-0.4, -0.2) is 25.7 Å². The molecule has 0 radical (unpaired) electrons. The summed E-state index contributed by atoms with van der Waals surface area (Å²) in [6.45, 7) is 5.89. The van der Waals surface area contributed by atoms with Gasteiger partial charge in [0.25, 0.3) is 0 Å². The SMILES string of the molecule is CC1NCC12CCN(c1ccc(N)cc1)CC2. The van der Waals surface area contributed by atoms with E-state index in [1.165, 1.54) is 38.2 Å². The zero-order valence-corrected chi connectivity index (χ0v) is 10.4. The number of rotatable bonds is 1. The molecule has 2 aliphatic rings. The normalized spacial score (nSPS) is 26.9. The van der Waals surface area contributed by atoms with Gasteiger partial charge in [0, 0.05) is 42.5 Å². The van der Waals surface area contributed by atoms with Crippen molar-refractivity contribution in [3.63, 3.8) is 0 Å². The summed E-state index contributed by atoms with van der Waals surface area (Å²) >= 11 is 0. The zero-order valence-electron chi connectivity index (χ0n) is 10.4. The molecule has 2 fully saturated rings. The standard InChI is InChI=1S/C14H21N3/c1-11-14(10-16-11)6-8-17(9-7-14)13-4-2-12(15)3-5-13/h2-5,11,16H,6-10,15H2,1H3. The molecule has 0 saturated carbocycles. The molecule has 2 aliphatic heterocycles. The van der Waals surface area contributed by atoms with Gasteiger partial charge in [-0.1, -0.05) is 0 Å². The Morgan fingerprint density at radius 3 is 2.35 bits per heavy atom. The number of hydrogen-bond donors (Lipinski definition) is 2. The van der Waals surface area contributed by atoms with Crippen LogP contribution in [-0.2, 0) is 0 Å². The van der Waals surface area contributed by atoms with Crippen LogP contribution in [0.15, 0.2) is 24.3 Å². The summed E-state index contributed by atoms with van der Waals surface area (Å²) in [5.41, 5.74) is 8.47. The van der Waals surface area contributed by atoms with E-state index in [2.05, 4.69) is 29.3 Å². The van der Waals surface area contributed by atoms with Crippen LogP contribution in [0.4, 0.5) is 11.4 Å².